The highest BCUT2D eigenvalue weighted by molar-refractivity contribution is 7.92. The van der Waals surface area contributed by atoms with E-state index in [1.807, 2.05) is 0 Å². The number of nitro groups is 1. The first-order chi connectivity index (χ1) is 9.70. The number of halogens is 1. The predicted octanol–water partition coefficient (Wildman–Crippen LogP) is 0.850. The maximum absolute atomic E-state index is 13.9. The number of anilines is 2. The van der Waals surface area contributed by atoms with Crippen molar-refractivity contribution in [2.45, 2.75) is 4.90 Å². The van der Waals surface area contributed by atoms with Crippen molar-refractivity contribution in [2.75, 3.05) is 10.5 Å². The van der Waals surface area contributed by atoms with Crippen LogP contribution in [0.4, 0.5) is 21.5 Å². The molecule has 0 aliphatic heterocycles. The van der Waals surface area contributed by atoms with Crippen LogP contribution < -0.4 is 10.5 Å². The van der Waals surface area contributed by atoms with Gasteiger partial charge in [-0.3, -0.25) is 19.5 Å². The summed E-state index contributed by atoms with van der Waals surface area (Å²) in [5.41, 5.74) is 4.34. The largest absolute Gasteiger partial charge is 0.397 e. The van der Waals surface area contributed by atoms with Gasteiger partial charge in [-0.15, -0.1) is 0 Å². The molecular formula is C10H10FN5O4S. The molecule has 2 rings (SSSR count). The van der Waals surface area contributed by atoms with Crippen molar-refractivity contribution in [3.05, 3.63) is 40.5 Å². The lowest BCUT2D eigenvalue weighted by Gasteiger charge is -2.09. The van der Waals surface area contributed by atoms with Gasteiger partial charge in [0.15, 0.2) is 5.82 Å². The van der Waals surface area contributed by atoms with Gasteiger partial charge in [0.25, 0.3) is 15.7 Å². The minimum atomic E-state index is -4.33. The zero-order valence-corrected chi connectivity index (χ0v) is 11.5. The van der Waals surface area contributed by atoms with Crippen molar-refractivity contribution < 1.29 is 17.7 Å². The van der Waals surface area contributed by atoms with Gasteiger partial charge in [0.1, 0.15) is 4.90 Å². The van der Waals surface area contributed by atoms with E-state index >= 15 is 0 Å². The van der Waals surface area contributed by atoms with Crippen molar-refractivity contribution in [1.29, 1.82) is 0 Å². The molecule has 0 fully saturated rings. The molecule has 0 bridgehead atoms. The molecule has 9 nitrogen and oxygen atoms in total. The highest BCUT2D eigenvalue weighted by atomic mass is 32.2. The first kappa shape index (κ1) is 14.7. The zero-order chi connectivity index (χ0) is 15.8. The topological polar surface area (TPSA) is 133 Å². The van der Waals surface area contributed by atoms with Crippen LogP contribution in [0.15, 0.2) is 29.4 Å². The van der Waals surface area contributed by atoms with Crippen LogP contribution >= 0.6 is 0 Å². The lowest BCUT2D eigenvalue weighted by Crippen LogP contribution is -2.16. The van der Waals surface area contributed by atoms with Gasteiger partial charge in [0.05, 0.1) is 28.6 Å². The van der Waals surface area contributed by atoms with E-state index in [2.05, 4.69) is 9.82 Å². The fourth-order valence-electron chi connectivity index (χ4n) is 1.67. The van der Waals surface area contributed by atoms with Gasteiger partial charge in [-0.2, -0.15) is 5.10 Å². The molecule has 0 atom stereocenters. The molecule has 11 heteroatoms. The van der Waals surface area contributed by atoms with Gasteiger partial charge in [-0.05, 0) is 0 Å². The summed E-state index contributed by atoms with van der Waals surface area (Å²) >= 11 is 0. The van der Waals surface area contributed by atoms with E-state index in [0.29, 0.717) is 6.07 Å². The number of nitrogens with zero attached hydrogens (tertiary/aromatic N) is 3. The molecule has 0 aliphatic rings. The minimum Gasteiger partial charge on any atom is -0.397 e. The number of benzene rings is 1. The maximum atomic E-state index is 13.9. The van der Waals surface area contributed by atoms with Crippen LogP contribution in [-0.4, -0.2) is 23.1 Å². The molecule has 2 aromatic rings. The number of nitrogens with two attached hydrogens (primary N) is 1. The Kier molecular flexibility index (Phi) is 3.51. The van der Waals surface area contributed by atoms with Crippen LogP contribution in [0.25, 0.3) is 0 Å². The molecule has 0 saturated carbocycles. The lowest BCUT2D eigenvalue weighted by atomic mass is 10.3. The molecule has 1 aromatic heterocycles. The second-order valence-corrected chi connectivity index (χ2v) is 5.73. The Morgan fingerprint density at radius 3 is 2.62 bits per heavy atom. The fraction of sp³-hybridized carbons (Fsp3) is 0.100. The molecule has 0 spiro atoms. The summed E-state index contributed by atoms with van der Waals surface area (Å²) in [6.07, 6.45) is 2.58. The quantitative estimate of drug-likeness (QED) is 0.488. The number of nitrogen functional groups attached to an aromatic ring is 1. The van der Waals surface area contributed by atoms with E-state index in [1.54, 1.807) is 7.05 Å². The van der Waals surface area contributed by atoms with Crippen LogP contribution in [0.3, 0.4) is 0 Å². The minimum absolute atomic E-state index is 0.106. The van der Waals surface area contributed by atoms with E-state index < -0.39 is 37.0 Å². The Labute approximate surface area is 118 Å². The number of hydrogen-bond acceptors (Lipinski definition) is 6. The number of nitro benzene ring substituents is 1. The maximum Gasteiger partial charge on any atom is 0.274 e. The van der Waals surface area contributed by atoms with E-state index in [-0.39, 0.29) is 5.69 Å². The van der Waals surface area contributed by atoms with Gasteiger partial charge in [-0.25, -0.2) is 12.8 Å². The molecule has 1 heterocycles. The summed E-state index contributed by atoms with van der Waals surface area (Å²) < 4.78 is 41.5. The number of aryl methyl sites for hydroxylation is 1. The average molecular weight is 315 g/mol. The van der Waals surface area contributed by atoms with Crippen molar-refractivity contribution in [3.63, 3.8) is 0 Å². The first-order valence-electron chi connectivity index (χ1n) is 5.45. The van der Waals surface area contributed by atoms with Crippen molar-refractivity contribution in [2.24, 2.45) is 7.05 Å². The van der Waals surface area contributed by atoms with Crippen LogP contribution in [-0.2, 0) is 17.1 Å². The van der Waals surface area contributed by atoms with E-state index in [9.17, 15) is 22.9 Å². The second-order valence-electron chi connectivity index (χ2n) is 4.11. The van der Waals surface area contributed by atoms with Crippen molar-refractivity contribution in [1.82, 2.24) is 9.78 Å². The molecule has 1 aromatic carbocycles. The zero-order valence-electron chi connectivity index (χ0n) is 10.6. The van der Waals surface area contributed by atoms with Gasteiger partial charge in [-0.1, -0.05) is 0 Å². The molecule has 112 valence electrons. The van der Waals surface area contributed by atoms with Gasteiger partial charge >= 0.3 is 0 Å². The standard InChI is InChI=1S/C10H10FN5O4S/c1-15-5-6(4-13-15)14-21(19,20)10-8(11)2-7(16(17)18)3-9(10)12/h2-5,14H,12H2,1H3. The van der Waals surface area contributed by atoms with Crippen LogP contribution in [0.1, 0.15) is 0 Å². The Balaban J connectivity index is 2.47. The Bertz CT molecular complexity index is 794. The first-order valence-corrected chi connectivity index (χ1v) is 6.94. The summed E-state index contributed by atoms with van der Waals surface area (Å²) in [7, 11) is -2.76. The van der Waals surface area contributed by atoms with E-state index in [0.717, 1.165) is 6.07 Å². The number of non-ortho nitro benzene ring substituents is 1. The summed E-state index contributed by atoms with van der Waals surface area (Å²) in [5.74, 6) is -1.31. The Morgan fingerprint density at radius 2 is 2.14 bits per heavy atom. The number of hydrogen-bond donors (Lipinski definition) is 2. The number of nitrogens with one attached hydrogen (secondary N) is 1. The summed E-state index contributed by atoms with van der Waals surface area (Å²) in [5, 5.41) is 14.3. The summed E-state index contributed by atoms with van der Waals surface area (Å²) in [4.78, 5) is 8.85. The number of rotatable bonds is 4. The Hall–Kier alpha value is -2.69. The highest BCUT2D eigenvalue weighted by Crippen LogP contribution is 2.28. The van der Waals surface area contributed by atoms with Crippen LogP contribution in [0.5, 0.6) is 0 Å². The normalized spacial score (nSPS) is 11.3. The molecule has 0 radical (unpaired) electrons. The summed E-state index contributed by atoms with van der Waals surface area (Å²) in [6, 6.07) is 1.27. The van der Waals surface area contributed by atoms with E-state index in [4.69, 9.17) is 5.73 Å². The molecule has 0 saturated heterocycles. The SMILES string of the molecule is Cn1cc(NS(=O)(=O)c2c(N)cc([N+](=O)[O-])cc2F)cn1. The number of sulfonamides is 1. The van der Waals surface area contributed by atoms with Crippen molar-refractivity contribution in [3.8, 4) is 0 Å². The monoisotopic (exact) mass is 315 g/mol. The summed E-state index contributed by atoms with van der Waals surface area (Å²) in [6.45, 7) is 0. The molecule has 21 heavy (non-hydrogen) atoms. The van der Waals surface area contributed by atoms with Crippen LogP contribution in [0.2, 0.25) is 0 Å². The molecule has 3 N–H and O–H groups in total. The molecule has 0 amide bonds. The lowest BCUT2D eigenvalue weighted by molar-refractivity contribution is -0.385. The highest BCUT2D eigenvalue weighted by Gasteiger charge is 2.26. The fourth-order valence-corrected chi connectivity index (χ4v) is 2.87. The average Bonchev–Trinajstić information content (AvgIpc) is 2.72. The molecule has 0 aliphatic carbocycles. The second kappa shape index (κ2) is 5.01. The van der Waals surface area contributed by atoms with Gasteiger partial charge in [0.2, 0.25) is 0 Å². The predicted molar refractivity (Wildman–Crippen MR) is 71.5 cm³/mol. The van der Waals surface area contributed by atoms with Gasteiger partial charge in [0, 0.05) is 19.3 Å². The van der Waals surface area contributed by atoms with Gasteiger partial charge < -0.3 is 5.73 Å². The Morgan fingerprint density at radius 1 is 1.48 bits per heavy atom. The van der Waals surface area contributed by atoms with Crippen LogP contribution in [0, 0.1) is 15.9 Å². The van der Waals surface area contributed by atoms with E-state index in [1.165, 1.54) is 17.1 Å². The third kappa shape index (κ3) is 2.91. The van der Waals surface area contributed by atoms with Crippen molar-refractivity contribution >= 4 is 27.1 Å². The molecular weight excluding hydrogens is 305 g/mol. The number of aromatic nitrogens is 2. The third-order valence-electron chi connectivity index (χ3n) is 2.49. The third-order valence-corrected chi connectivity index (χ3v) is 3.97. The molecule has 0 unspecified atom stereocenters. The smallest absolute Gasteiger partial charge is 0.274 e.